The fourth-order valence-electron chi connectivity index (χ4n) is 2.63. The monoisotopic (exact) mass is 355 g/mol. The molecule has 5 heteroatoms. The van der Waals surface area contributed by atoms with Crippen molar-refractivity contribution < 1.29 is 19.1 Å². The smallest absolute Gasteiger partial charge is 0.410 e. The van der Waals surface area contributed by atoms with E-state index < -0.39 is 18.1 Å². The van der Waals surface area contributed by atoms with Gasteiger partial charge in [-0.1, -0.05) is 74.5 Å². The molecular formula is C21H25NO4. The van der Waals surface area contributed by atoms with E-state index in [1.807, 2.05) is 74.5 Å². The summed E-state index contributed by atoms with van der Waals surface area (Å²) in [5.41, 5.74) is 1.79. The Labute approximate surface area is 154 Å². The van der Waals surface area contributed by atoms with Crippen LogP contribution in [-0.2, 0) is 27.5 Å². The topological polar surface area (TPSA) is 55.8 Å². The van der Waals surface area contributed by atoms with Crippen LogP contribution in [0.5, 0.6) is 0 Å². The molecule has 2 rings (SSSR count). The van der Waals surface area contributed by atoms with Crippen molar-refractivity contribution in [3.8, 4) is 0 Å². The highest BCUT2D eigenvalue weighted by molar-refractivity contribution is 5.81. The molecule has 0 saturated heterocycles. The van der Waals surface area contributed by atoms with E-state index in [0.717, 1.165) is 11.1 Å². The Balaban J connectivity index is 1.93. The number of carbonyl (C=O) groups is 2. The second-order valence-electron chi connectivity index (χ2n) is 6.43. The number of likely N-dealkylation sites (N-methyl/N-ethyl adjacent to an activating group) is 1. The lowest BCUT2D eigenvalue weighted by Crippen LogP contribution is -2.46. The normalized spacial score (nSPS) is 11.7. The van der Waals surface area contributed by atoms with Crippen LogP contribution in [0.4, 0.5) is 4.79 Å². The molecule has 26 heavy (non-hydrogen) atoms. The minimum absolute atomic E-state index is 0.104. The van der Waals surface area contributed by atoms with Gasteiger partial charge in [-0.25, -0.2) is 9.59 Å². The molecule has 0 N–H and O–H groups in total. The van der Waals surface area contributed by atoms with Crippen LogP contribution >= 0.6 is 0 Å². The van der Waals surface area contributed by atoms with Crippen molar-refractivity contribution in [2.45, 2.75) is 33.1 Å². The van der Waals surface area contributed by atoms with Gasteiger partial charge in [0.05, 0.1) is 0 Å². The number of hydrogen-bond acceptors (Lipinski definition) is 4. The van der Waals surface area contributed by atoms with Gasteiger partial charge in [0.1, 0.15) is 19.3 Å². The number of rotatable bonds is 7. The Hall–Kier alpha value is -2.82. The third-order valence-corrected chi connectivity index (χ3v) is 4.01. The number of carbonyl (C=O) groups excluding carboxylic acids is 2. The molecule has 2 aromatic carbocycles. The molecule has 1 amide bonds. The zero-order valence-electron chi connectivity index (χ0n) is 15.4. The Morgan fingerprint density at radius 3 is 1.77 bits per heavy atom. The maximum atomic E-state index is 12.5. The van der Waals surface area contributed by atoms with E-state index in [4.69, 9.17) is 9.47 Å². The summed E-state index contributed by atoms with van der Waals surface area (Å²) >= 11 is 0. The molecule has 0 aliphatic rings. The zero-order valence-corrected chi connectivity index (χ0v) is 15.4. The maximum absolute atomic E-state index is 12.5. The number of ether oxygens (including phenoxy) is 2. The third kappa shape index (κ3) is 5.62. The minimum atomic E-state index is -0.706. The Morgan fingerprint density at radius 1 is 0.846 bits per heavy atom. The average Bonchev–Trinajstić information content (AvgIpc) is 2.66. The summed E-state index contributed by atoms with van der Waals surface area (Å²) in [7, 11) is 1.56. The maximum Gasteiger partial charge on any atom is 0.410 e. The summed E-state index contributed by atoms with van der Waals surface area (Å²) in [5, 5.41) is 0. The molecule has 0 bridgehead atoms. The molecule has 0 saturated carbocycles. The van der Waals surface area contributed by atoms with Gasteiger partial charge in [-0.3, -0.25) is 4.90 Å². The van der Waals surface area contributed by atoms with Crippen LogP contribution in [0.1, 0.15) is 25.0 Å². The molecule has 0 aromatic heterocycles. The van der Waals surface area contributed by atoms with Crippen molar-refractivity contribution in [1.82, 2.24) is 4.90 Å². The first kappa shape index (κ1) is 19.5. The Morgan fingerprint density at radius 2 is 1.31 bits per heavy atom. The molecule has 0 fully saturated rings. The van der Waals surface area contributed by atoms with Gasteiger partial charge in [-0.05, 0) is 17.0 Å². The van der Waals surface area contributed by atoms with Gasteiger partial charge in [0.25, 0.3) is 0 Å². The summed E-state index contributed by atoms with van der Waals surface area (Å²) < 4.78 is 10.7. The largest absolute Gasteiger partial charge is 0.459 e. The van der Waals surface area contributed by atoms with Crippen LogP contribution < -0.4 is 0 Å². The highest BCUT2D eigenvalue weighted by Crippen LogP contribution is 2.14. The SMILES string of the molecule is CC(C)C(C(=O)OCc1ccccc1)N(C)C(=O)OCc1ccccc1. The first-order valence-electron chi connectivity index (χ1n) is 8.63. The molecule has 138 valence electrons. The molecule has 0 aliphatic carbocycles. The molecule has 1 atom stereocenters. The lowest BCUT2D eigenvalue weighted by Gasteiger charge is -2.28. The fraction of sp³-hybridized carbons (Fsp3) is 0.333. The lowest BCUT2D eigenvalue weighted by atomic mass is 10.0. The quantitative estimate of drug-likeness (QED) is 0.704. The first-order valence-corrected chi connectivity index (χ1v) is 8.63. The van der Waals surface area contributed by atoms with Crippen LogP contribution in [0.3, 0.4) is 0 Å². The minimum Gasteiger partial charge on any atom is -0.459 e. The molecule has 0 radical (unpaired) electrons. The van der Waals surface area contributed by atoms with Crippen LogP contribution in [0.15, 0.2) is 60.7 Å². The lowest BCUT2D eigenvalue weighted by molar-refractivity contribution is -0.152. The van der Waals surface area contributed by atoms with Crippen molar-refractivity contribution in [3.05, 3.63) is 71.8 Å². The predicted octanol–water partition coefficient (Wildman–Crippen LogP) is 4.02. The van der Waals surface area contributed by atoms with E-state index in [-0.39, 0.29) is 19.1 Å². The highest BCUT2D eigenvalue weighted by Gasteiger charge is 2.32. The van der Waals surface area contributed by atoms with Gasteiger partial charge in [0.2, 0.25) is 0 Å². The standard InChI is InChI=1S/C21H25NO4/c1-16(2)19(20(23)25-14-17-10-6-4-7-11-17)22(3)21(24)26-15-18-12-8-5-9-13-18/h4-13,16,19H,14-15H2,1-3H3. The van der Waals surface area contributed by atoms with Gasteiger partial charge < -0.3 is 9.47 Å². The number of hydrogen-bond donors (Lipinski definition) is 0. The van der Waals surface area contributed by atoms with E-state index in [1.54, 1.807) is 7.05 Å². The fourth-order valence-corrected chi connectivity index (χ4v) is 2.63. The number of benzene rings is 2. The van der Waals surface area contributed by atoms with Crippen LogP contribution in [0.25, 0.3) is 0 Å². The number of esters is 1. The second kappa shape index (κ2) is 9.61. The van der Waals surface area contributed by atoms with Crippen molar-refractivity contribution in [2.24, 2.45) is 5.92 Å². The summed E-state index contributed by atoms with van der Waals surface area (Å²) in [4.78, 5) is 26.1. The number of amides is 1. The molecule has 1 unspecified atom stereocenters. The third-order valence-electron chi connectivity index (χ3n) is 4.01. The molecule has 5 nitrogen and oxygen atoms in total. The van der Waals surface area contributed by atoms with Gasteiger partial charge in [-0.15, -0.1) is 0 Å². The van der Waals surface area contributed by atoms with E-state index in [9.17, 15) is 9.59 Å². The van der Waals surface area contributed by atoms with Crippen molar-refractivity contribution in [1.29, 1.82) is 0 Å². The second-order valence-corrected chi connectivity index (χ2v) is 6.43. The molecular weight excluding hydrogens is 330 g/mol. The predicted molar refractivity (Wildman–Crippen MR) is 99.3 cm³/mol. The van der Waals surface area contributed by atoms with Crippen molar-refractivity contribution in [2.75, 3.05) is 7.05 Å². The van der Waals surface area contributed by atoms with Gasteiger partial charge in [-0.2, -0.15) is 0 Å². The van der Waals surface area contributed by atoms with Crippen molar-refractivity contribution in [3.63, 3.8) is 0 Å². The Bertz CT molecular complexity index is 700. The van der Waals surface area contributed by atoms with E-state index in [0.29, 0.717) is 0 Å². The molecule has 0 heterocycles. The summed E-state index contributed by atoms with van der Waals surface area (Å²) in [5.74, 6) is -0.546. The highest BCUT2D eigenvalue weighted by atomic mass is 16.6. The van der Waals surface area contributed by atoms with Crippen LogP contribution in [0.2, 0.25) is 0 Å². The van der Waals surface area contributed by atoms with Gasteiger partial charge in [0, 0.05) is 7.05 Å². The summed E-state index contributed by atoms with van der Waals surface area (Å²) in [6.45, 7) is 4.08. The molecule has 0 aliphatic heterocycles. The van der Waals surface area contributed by atoms with Crippen LogP contribution in [-0.4, -0.2) is 30.1 Å². The zero-order chi connectivity index (χ0) is 18.9. The molecule has 2 aromatic rings. The first-order chi connectivity index (χ1) is 12.5. The summed E-state index contributed by atoms with van der Waals surface area (Å²) in [6.07, 6.45) is -0.552. The number of nitrogens with zero attached hydrogens (tertiary/aromatic N) is 1. The van der Waals surface area contributed by atoms with Crippen LogP contribution in [0, 0.1) is 5.92 Å². The van der Waals surface area contributed by atoms with Crippen molar-refractivity contribution >= 4 is 12.1 Å². The van der Waals surface area contributed by atoms with Gasteiger partial charge >= 0.3 is 12.1 Å². The van der Waals surface area contributed by atoms with Gasteiger partial charge in [0.15, 0.2) is 0 Å². The van der Waals surface area contributed by atoms with E-state index in [2.05, 4.69) is 0 Å². The average molecular weight is 355 g/mol. The Kier molecular flexibility index (Phi) is 7.21. The van der Waals surface area contributed by atoms with E-state index in [1.165, 1.54) is 4.90 Å². The summed E-state index contributed by atoms with van der Waals surface area (Å²) in [6, 6.07) is 18.1. The van der Waals surface area contributed by atoms with E-state index >= 15 is 0 Å². The molecule has 0 spiro atoms.